The lowest BCUT2D eigenvalue weighted by Gasteiger charge is -2.16. The molecule has 0 fully saturated rings. The zero-order valence-electron chi connectivity index (χ0n) is 12.6. The van der Waals surface area contributed by atoms with E-state index in [9.17, 15) is 0 Å². The molecule has 1 aromatic carbocycles. The number of nitrogens with zero attached hydrogens (tertiary/aromatic N) is 2. The lowest BCUT2D eigenvalue weighted by Crippen LogP contribution is -2.34. The fourth-order valence-corrected chi connectivity index (χ4v) is 2.36. The average Bonchev–Trinajstić information content (AvgIpc) is 2.34. The first kappa shape index (κ1) is 20.8. The van der Waals surface area contributed by atoms with Crippen LogP contribution in [0.5, 0.6) is 0 Å². The van der Waals surface area contributed by atoms with E-state index in [0.29, 0.717) is 22.5 Å². The molecule has 1 aromatic rings. The topological polar surface area (TPSA) is 53.6 Å². The highest BCUT2D eigenvalue weighted by Crippen LogP contribution is 2.25. The van der Waals surface area contributed by atoms with Crippen LogP contribution >= 0.6 is 47.2 Å². The van der Waals surface area contributed by atoms with Gasteiger partial charge in [-0.15, -0.1) is 24.0 Å². The molecule has 0 aromatic heterocycles. The highest BCUT2D eigenvalue weighted by Gasteiger charge is 2.10. The lowest BCUT2D eigenvalue weighted by atomic mass is 10.1. The Morgan fingerprint density at radius 1 is 1.38 bits per heavy atom. The summed E-state index contributed by atoms with van der Waals surface area (Å²) in [6.07, 6.45) is 0.978. The van der Waals surface area contributed by atoms with Crippen molar-refractivity contribution < 1.29 is 0 Å². The normalized spacial score (nSPS) is 13.0. The van der Waals surface area contributed by atoms with Gasteiger partial charge in [0.1, 0.15) is 0 Å². The van der Waals surface area contributed by atoms with Crippen molar-refractivity contribution >= 4 is 53.1 Å². The molecule has 0 amide bonds. The Hall–Kier alpha value is -0.240. The first-order chi connectivity index (χ1) is 9.40. The first-order valence-corrected chi connectivity index (χ1v) is 7.32. The molecule has 0 radical (unpaired) electrons. The minimum atomic E-state index is -0.0163. The van der Waals surface area contributed by atoms with Gasteiger partial charge in [-0.2, -0.15) is 0 Å². The quantitative estimate of drug-likeness (QED) is 0.305. The van der Waals surface area contributed by atoms with Crippen molar-refractivity contribution in [2.75, 3.05) is 27.2 Å². The van der Waals surface area contributed by atoms with Gasteiger partial charge in [0.2, 0.25) is 0 Å². The minimum absolute atomic E-state index is 0. The summed E-state index contributed by atoms with van der Waals surface area (Å²) in [4.78, 5) is 6.42. The Labute approximate surface area is 154 Å². The second-order valence-electron chi connectivity index (χ2n) is 4.96. The Morgan fingerprint density at radius 2 is 2.05 bits per heavy atom. The number of guanidine groups is 1. The van der Waals surface area contributed by atoms with E-state index in [4.69, 9.17) is 28.9 Å². The highest BCUT2D eigenvalue weighted by atomic mass is 127. The van der Waals surface area contributed by atoms with E-state index < -0.39 is 0 Å². The van der Waals surface area contributed by atoms with E-state index in [-0.39, 0.29) is 30.0 Å². The van der Waals surface area contributed by atoms with E-state index in [0.717, 1.165) is 18.5 Å². The number of benzene rings is 1. The molecule has 0 aliphatic carbocycles. The summed E-state index contributed by atoms with van der Waals surface area (Å²) in [6, 6.07) is 5.41. The van der Waals surface area contributed by atoms with Crippen molar-refractivity contribution in [2.45, 2.75) is 19.4 Å². The van der Waals surface area contributed by atoms with Crippen molar-refractivity contribution in [3.05, 3.63) is 33.8 Å². The van der Waals surface area contributed by atoms with E-state index in [1.165, 1.54) is 0 Å². The third-order valence-corrected chi connectivity index (χ3v) is 3.40. The molecule has 0 heterocycles. The van der Waals surface area contributed by atoms with Crippen LogP contribution in [0, 0.1) is 0 Å². The van der Waals surface area contributed by atoms with Gasteiger partial charge < -0.3 is 16.0 Å². The molecule has 0 bridgehead atoms. The number of nitrogens with one attached hydrogen (secondary N) is 1. The van der Waals surface area contributed by atoms with Gasteiger partial charge in [-0.05, 0) is 51.7 Å². The van der Waals surface area contributed by atoms with E-state index in [1.54, 1.807) is 6.07 Å². The van der Waals surface area contributed by atoms with Crippen molar-refractivity contribution in [1.82, 2.24) is 10.2 Å². The molecular weight excluding hydrogens is 422 g/mol. The van der Waals surface area contributed by atoms with Gasteiger partial charge in [-0.3, -0.25) is 4.99 Å². The van der Waals surface area contributed by atoms with Crippen molar-refractivity contribution in [3.8, 4) is 0 Å². The molecule has 0 saturated carbocycles. The Balaban J connectivity index is 0.00000400. The maximum Gasteiger partial charge on any atom is 0.189 e. The molecule has 21 heavy (non-hydrogen) atoms. The van der Waals surface area contributed by atoms with Crippen LogP contribution in [0.2, 0.25) is 10.0 Å². The molecule has 1 atom stereocenters. The molecule has 1 rings (SSSR count). The van der Waals surface area contributed by atoms with Crippen LogP contribution in [0.3, 0.4) is 0 Å². The van der Waals surface area contributed by atoms with Gasteiger partial charge in [0.25, 0.3) is 0 Å². The summed E-state index contributed by atoms with van der Waals surface area (Å²) in [7, 11) is 4.08. The smallest absolute Gasteiger partial charge is 0.189 e. The van der Waals surface area contributed by atoms with Gasteiger partial charge >= 0.3 is 0 Å². The zero-order chi connectivity index (χ0) is 15.1. The molecule has 3 N–H and O–H groups in total. The van der Waals surface area contributed by atoms with Crippen LogP contribution in [0.15, 0.2) is 23.2 Å². The molecule has 120 valence electrons. The molecule has 7 heteroatoms. The van der Waals surface area contributed by atoms with Crippen molar-refractivity contribution in [3.63, 3.8) is 0 Å². The monoisotopic (exact) mass is 444 g/mol. The maximum atomic E-state index is 6.16. The fourth-order valence-electron chi connectivity index (χ4n) is 1.78. The molecule has 0 saturated heterocycles. The minimum Gasteiger partial charge on any atom is -0.370 e. The van der Waals surface area contributed by atoms with Crippen molar-refractivity contribution in [2.24, 2.45) is 10.7 Å². The highest BCUT2D eigenvalue weighted by molar-refractivity contribution is 14.0. The third-order valence-electron chi connectivity index (χ3n) is 2.84. The molecule has 0 aliphatic heterocycles. The van der Waals surface area contributed by atoms with Gasteiger partial charge in [0.05, 0.1) is 6.04 Å². The van der Waals surface area contributed by atoms with E-state index in [2.05, 4.69) is 15.2 Å². The Bertz CT molecular complexity index is 466. The Morgan fingerprint density at radius 3 is 2.62 bits per heavy atom. The van der Waals surface area contributed by atoms with Crippen LogP contribution in [0.4, 0.5) is 0 Å². The van der Waals surface area contributed by atoms with Crippen LogP contribution in [0.25, 0.3) is 0 Å². The third kappa shape index (κ3) is 8.09. The maximum absolute atomic E-state index is 6.16. The SMILES string of the molecule is CC(NC(N)=NCCCN(C)C)c1ccc(Cl)cc1Cl.I. The summed E-state index contributed by atoms with van der Waals surface area (Å²) in [5, 5.41) is 4.38. The molecule has 4 nitrogen and oxygen atoms in total. The summed E-state index contributed by atoms with van der Waals surface area (Å²) < 4.78 is 0. The van der Waals surface area contributed by atoms with Gasteiger partial charge in [0.15, 0.2) is 5.96 Å². The second kappa shape index (κ2) is 10.5. The number of rotatable bonds is 6. The predicted molar refractivity (Wildman–Crippen MR) is 103 cm³/mol. The van der Waals surface area contributed by atoms with Gasteiger partial charge in [-0.1, -0.05) is 29.3 Å². The zero-order valence-corrected chi connectivity index (χ0v) is 16.4. The van der Waals surface area contributed by atoms with Gasteiger partial charge in [-0.25, -0.2) is 0 Å². The molecule has 0 aliphatic rings. The van der Waals surface area contributed by atoms with E-state index >= 15 is 0 Å². The summed E-state index contributed by atoms with van der Waals surface area (Å²) in [5.41, 5.74) is 6.81. The number of aliphatic imine (C=N–C) groups is 1. The van der Waals surface area contributed by atoms with Crippen molar-refractivity contribution in [1.29, 1.82) is 0 Å². The average molecular weight is 445 g/mol. The number of hydrogen-bond acceptors (Lipinski definition) is 2. The number of hydrogen-bond donors (Lipinski definition) is 2. The first-order valence-electron chi connectivity index (χ1n) is 6.56. The predicted octanol–water partition coefficient (Wildman–Crippen LogP) is 3.53. The van der Waals surface area contributed by atoms with Crippen LogP contribution in [-0.4, -0.2) is 38.0 Å². The largest absolute Gasteiger partial charge is 0.370 e. The summed E-state index contributed by atoms with van der Waals surface area (Å²) in [5.74, 6) is 0.433. The number of nitrogens with two attached hydrogens (primary N) is 1. The number of halogens is 3. The molecule has 1 unspecified atom stereocenters. The Kier molecular flexibility index (Phi) is 10.4. The van der Waals surface area contributed by atoms with E-state index in [1.807, 2.05) is 33.2 Å². The lowest BCUT2D eigenvalue weighted by molar-refractivity contribution is 0.403. The summed E-state index contributed by atoms with van der Waals surface area (Å²) >= 11 is 12.0. The molecule has 0 spiro atoms. The van der Waals surface area contributed by atoms with Crippen LogP contribution in [-0.2, 0) is 0 Å². The van der Waals surface area contributed by atoms with Crippen LogP contribution in [0.1, 0.15) is 24.9 Å². The summed E-state index contributed by atoms with van der Waals surface area (Å²) in [6.45, 7) is 3.69. The standard InChI is InChI=1S/C14H22Cl2N4.HI/c1-10(12-6-5-11(15)9-13(12)16)19-14(17)18-7-4-8-20(2)3;/h5-6,9-10H,4,7-8H2,1-3H3,(H3,17,18,19);1H. The molecular formula is C14H23Cl2IN4. The van der Waals surface area contributed by atoms with Crippen LogP contribution < -0.4 is 11.1 Å². The van der Waals surface area contributed by atoms with Gasteiger partial charge in [0, 0.05) is 16.6 Å². The second-order valence-corrected chi connectivity index (χ2v) is 5.80. The fraction of sp³-hybridized carbons (Fsp3) is 0.500.